The first-order valence-corrected chi connectivity index (χ1v) is 6.12. The van der Waals surface area contributed by atoms with Gasteiger partial charge in [0.05, 0.1) is 19.3 Å². The number of likely N-dealkylation sites (tertiary alicyclic amines) is 1. The number of amides is 1. The molecule has 0 aliphatic carbocycles. The summed E-state index contributed by atoms with van der Waals surface area (Å²) in [7, 11) is 0. The highest BCUT2D eigenvalue weighted by molar-refractivity contribution is 5.82. The first-order valence-electron chi connectivity index (χ1n) is 6.12. The number of ether oxygens (including phenoxy) is 1. The van der Waals surface area contributed by atoms with Crippen LogP contribution in [0.1, 0.15) is 12.8 Å². The molecule has 2 fully saturated rings. The van der Waals surface area contributed by atoms with Crippen molar-refractivity contribution >= 4 is 5.91 Å². The van der Waals surface area contributed by atoms with Gasteiger partial charge in [0.15, 0.2) is 0 Å². The predicted octanol–water partition coefficient (Wildman–Crippen LogP) is -0.732. The summed E-state index contributed by atoms with van der Waals surface area (Å²) in [6.45, 7) is 6.22. The van der Waals surface area contributed by atoms with E-state index in [0.717, 1.165) is 58.8 Å². The summed E-state index contributed by atoms with van der Waals surface area (Å²) < 4.78 is 5.29. The topological polar surface area (TPSA) is 58.8 Å². The molecule has 2 aliphatic rings. The van der Waals surface area contributed by atoms with Crippen molar-refractivity contribution in [1.29, 1.82) is 0 Å². The molecule has 92 valence electrons. The lowest BCUT2D eigenvalue weighted by molar-refractivity contribution is -0.135. The molecule has 2 N–H and O–H groups in total. The molecule has 1 amide bonds. The number of piperidine rings is 1. The summed E-state index contributed by atoms with van der Waals surface area (Å²) in [5, 5.41) is 0. The zero-order chi connectivity index (χ0) is 11.4. The maximum absolute atomic E-state index is 11.8. The summed E-state index contributed by atoms with van der Waals surface area (Å²) in [5.74, 6) is 0.125. The van der Waals surface area contributed by atoms with Crippen LogP contribution in [0.25, 0.3) is 0 Å². The summed E-state index contributed by atoms with van der Waals surface area (Å²) in [6, 6.07) is -0.265. The van der Waals surface area contributed by atoms with E-state index in [1.807, 2.05) is 4.90 Å². The Bertz CT molecular complexity index is 241. The van der Waals surface area contributed by atoms with Crippen LogP contribution in [-0.4, -0.2) is 67.7 Å². The quantitative estimate of drug-likeness (QED) is 0.690. The van der Waals surface area contributed by atoms with Gasteiger partial charge < -0.3 is 15.4 Å². The molecular formula is C11H21N3O2. The SMILES string of the molecule is N[C@@H]1CCCN(CCN2CCOCC2)C1=O. The van der Waals surface area contributed by atoms with E-state index in [9.17, 15) is 4.79 Å². The minimum atomic E-state index is -0.265. The molecule has 0 saturated carbocycles. The van der Waals surface area contributed by atoms with Crippen LogP contribution in [0.5, 0.6) is 0 Å². The largest absolute Gasteiger partial charge is 0.379 e. The first-order chi connectivity index (χ1) is 7.77. The Balaban J connectivity index is 1.73. The monoisotopic (exact) mass is 227 g/mol. The average Bonchev–Trinajstić information content (AvgIpc) is 2.32. The van der Waals surface area contributed by atoms with Crippen LogP contribution in [0, 0.1) is 0 Å². The zero-order valence-electron chi connectivity index (χ0n) is 9.73. The normalized spacial score (nSPS) is 28.4. The molecule has 2 aliphatic heterocycles. The van der Waals surface area contributed by atoms with E-state index in [-0.39, 0.29) is 11.9 Å². The Morgan fingerprint density at radius 2 is 2.00 bits per heavy atom. The molecule has 0 aromatic carbocycles. The number of carbonyl (C=O) groups is 1. The average molecular weight is 227 g/mol. The van der Waals surface area contributed by atoms with Crippen LogP contribution in [0.3, 0.4) is 0 Å². The lowest BCUT2D eigenvalue weighted by Gasteiger charge is -2.33. The Hall–Kier alpha value is -0.650. The van der Waals surface area contributed by atoms with Crippen LogP contribution in [0.4, 0.5) is 0 Å². The summed E-state index contributed by atoms with van der Waals surface area (Å²) in [6.07, 6.45) is 1.88. The number of nitrogens with two attached hydrogens (primary N) is 1. The minimum Gasteiger partial charge on any atom is -0.379 e. The molecule has 0 spiro atoms. The van der Waals surface area contributed by atoms with Crippen LogP contribution in [0.15, 0.2) is 0 Å². The molecule has 0 aromatic heterocycles. The van der Waals surface area contributed by atoms with Crippen molar-refractivity contribution in [2.75, 3.05) is 45.9 Å². The smallest absolute Gasteiger partial charge is 0.239 e. The van der Waals surface area contributed by atoms with Crippen LogP contribution in [0.2, 0.25) is 0 Å². The fraction of sp³-hybridized carbons (Fsp3) is 0.909. The van der Waals surface area contributed by atoms with Gasteiger partial charge in [-0.3, -0.25) is 9.69 Å². The lowest BCUT2D eigenvalue weighted by Crippen LogP contribution is -2.51. The third-order valence-electron chi connectivity index (χ3n) is 3.36. The second-order valence-electron chi connectivity index (χ2n) is 4.53. The second-order valence-corrected chi connectivity index (χ2v) is 4.53. The summed E-state index contributed by atoms with van der Waals surface area (Å²) >= 11 is 0. The van der Waals surface area contributed by atoms with Gasteiger partial charge in [-0.15, -0.1) is 0 Å². The number of morpholine rings is 1. The van der Waals surface area contributed by atoms with Crippen molar-refractivity contribution in [2.45, 2.75) is 18.9 Å². The van der Waals surface area contributed by atoms with Gasteiger partial charge in [-0.1, -0.05) is 0 Å². The van der Waals surface area contributed by atoms with E-state index in [2.05, 4.69) is 4.90 Å². The molecular weight excluding hydrogens is 206 g/mol. The van der Waals surface area contributed by atoms with Crippen LogP contribution in [-0.2, 0) is 9.53 Å². The minimum absolute atomic E-state index is 0.125. The van der Waals surface area contributed by atoms with E-state index < -0.39 is 0 Å². The highest BCUT2D eigenvalue weighted by atomic mass is 16.5. The van der Waals surface area contributed by atoms with Gasteiger partial charge in [0.25, 0.3) is 0 Å². The lowest BCUT2D eigenvalue weighted by atomic mass is 10.1. The molecule has 2 saturated heterocycles. The second kappa shape index (κ2) is 5.61. The number of hydrogen-bond acceptors (Lipinski definition) is 4. The van der Waals surface area contributed by atoms with Crippen molar-refractivity contribution < 1.29 is 9.53 Å². The van der Waals surface area contributed by atoms with Gasteiger partial charge in [-0.25, -0.2) is 0 Å². The molecule has 0 radical (unpaired) electrons. The number of carbonyl (C=O) groups excluding carboxylic acids is 1. The van der Waals surface area contributed by atoms with Gasteiger partial charge in [0.2, 0.25) is 5.91 Å². The molecule has 5 nitrogen and oxygen atoms in total. The van der Waals surface area contributed by atoms with Crippen molar-refractivity contribution in [1.82, 2.24) is 9.80 Å². The Labute approximate surface area is 96.5 Å². The van der Waals surface area contributed by atoms with E-state index in [4.69, 9.17) is 10.5 Å². The maximum Gasteiger partial charge on any atom is 0.239 e. The predicted molar refractivity (Wildman–Crippen MR) is 61.0 cm³/mol. The highest BCUT2D eigenvalue weighted by Crippen LogP contribution is 2.09. The van der Waals surface area contributed by atoms with Crippen molar-refractivity contribution in [2.24, 2.45) is 5.73 Å². The molecule has 0 unspecified atom stereocenters. The fourth-order valence-electron chi connectivity index (χ4n) is 2.28. The van der Waals surface area contributed by atoms with Gasteiger partial charge in [0, 0.05) is 32.7 Å². The maximum atomic E-state index is 11.8. The molecule has 0 bridgehead atoms. The molecule has 5 heteroatoms. The standard InChI is InChI=1S/C11H21N3O2/c12-10-2-1-3-14(11(10)15)5-4-13-6-8-16-9-7-13/h10H,1-9,12H2/t10-/m1/s1. The third-order valence-corrected chi connectivity index (χ3v) is 3.36. The Kier molecular flexibility index (Phi) is 4.15. The Morgan fingerprint density at radius 1 is 1.25 bits per heavy atom. The van der Waals surface area contributed by atoms with E-state index in [0.29, 0.717) is 0 Å². The third kappa shape index (κ3) is 2.93. The molecule has 16 heavy (non-hydrogen) atoms. The number of hydrogen-bond donors (Lipinski definition) is 1. The van der Waals surface area contributed by atoms with E-state index >= 15 is 0 Å². The molecule has 2 rings (SSSR count). The van der Waals surface area contributed by atoms with Crippen LogP contribution < -0.4 is 5.73 Å². The van der Waals surface area contributed by atoms with Crippen LogP contribution >= 0.6 is 0 Å². The van der Waals surface area contributed by atoms with E-state index in [1.54, 1.807) is 0 Å². The zero-order valence-corrected chi connectivity index (χ0v) is 9.73. The van der Waals surface area contributed by atoms with Crippen molar-refractivity contribution in [3.63, 3.8) is 0 Å². The molecule has 0 aromatic rings. The summed E-state index contributed by atoms with van der Waals surface area (Å²) in [5.41, 5.74) is 5.75. The van der Waals surface area contributed by atoms with E-state index in [1.165, 1.54) is 0 Å². The Morgan fingerprint density at radius 3 is 2.75 bits per heavy atom. The highest BCUT2D eigenvalue weighted by Gasteiger charge is 2.25. The van der Waals surface area contributed by atoms with Gasteiger partial charge in [-0.2, -0.15) is 0 Å². The number of rotatable bonds is 3. The molecule has 2 heterocycles. The van der Waals surface area contributed by atoms with Gasteiger partial charge in [0.1, 0.15) is 0 Å². The van der Waals surface area contributed by atoms with Crippen molar-refractivity contribution in [3.05, 3.63) is 0 Å². The summed E-state index contributed by atoms with van der Waals surface area (Å²) in [4.78, 5) is 16.0. The molecule has 1 atom stereocenters. The van der Waals surface area contributed by atoms with Crippen molar-refractivity contribution in [3.8, 4) is 0 Å². The first kappa shape index (κ1) is 11.8. The van der Waals surface area contributed by atoms with Gasteiger partial charge >= 0.3 is 0 Å². The number of nitrogens with zero attached hydrogens (tertiary/aromatic N) is 2. The van der Waals surface area contributed by atoms with Gasteiger partial charge in [-0.05, 0) is 12.8 Å². The fourth-order valence-corrected chi connectivity index (χ4v) is 2.28.